The van der Waals surface area contributed by atoms with E-state index in [0.29, 0.717) is 12.8 Å². The summed E-state index contributed by atoms with van der Waals surface area (Å²) < 4.78 is 17.6. The first-order valence-corrected chi connectivity index (χ1v) is 33.8. The SMILES string of the molecule is CC/C=C\C/C=C\C/C=C\C/C=C\C/C=C\C/C=C\CCCCCCCC(O)C(=O)NC(COC1OC(CO)C(O)C(O)C1OC(=O)CCCC/C=C\C/C=C\C/C=C\C/C=C\C/C=C\C/C=C\CC)C(O)/C=C/CCCCCCCCCCCC. The molecule has 86 heavy (non-hydrogen) atoms. The Morgan fingerprint density at radius 1 is 0.465 bits per heavy atom. The van der Waals surface area contributed by atoms with Gasteiger partial charge in [-0.05, 0) is 128 Å². The van der Waals surface area contributed by atoms with Crippen molar-refractivity contribution in [3.05, 3.63) is 158 Å². The van der Waals surface area contributed by atoms with Crippen molar-refractivity contribution in [2.75, 3.05) is 13.2 Å². The lowest BCUT2D eigenvalue weighted by Gasteiger charge is -2.41. The lowest BCUT2D eigenvalue weighted by atomic mass is 9.99. The van der Waals surface area contributed by atoms with Gasteiger partial charge in [0.25, 0.3) is 0 Å². The average molecular weight is 1200 g/mol. The molecular formula is C75H121NO10. The van der Waals surface area contributed by atoms with E-state index in [1.54, 1.807) is 6.08 Å². The second-order valence-corrected chi connectivity index (χ2v) is 22.4. The molecule has 1 rings (SSSR count). The van der Waals surface area contributed by atoms with Crippen LogP contribution in [0.1, 0.15) is 239 Å². The molecule has 1 saturated heterocycles. The van der Waals surface area contributed by atoms with Gasteiger partial charge in [0.2, 0.25) is 5.91 Å². The van der Waals surface area contributed by atoms with Crippen molar-refractivity contribution in [2.45, 2.75) is 288 Å². The summed E-state index contributed by atoms with van der Waals surface area (Å²) in [6, 6.07) is -1.05. The molecule has 6 N–H and O–H groups in total. The van der Waals surface area contributed by atoms with E-state index < -0.39 is 67.4 Å². The minimum atomic E-state index is -1.65. The van der Waals surface area contributed by atoms with E-state index in [9.17, 15) is 35.1 Å². The van der Waals surface area contributed by atoms with Crippen LogP contribution >= 0.6 is 0 Å². The van der Waals surface area contributed by atoms with E-state index in [0.717, 1.165) is 148 Å². The first-order valence-electron chi connectivity index (χ1n) is 33.8. The quantitative estimate of drug-likeness (QED) is 0.0195. The Bertz CT molecular complexity index is 2010. The zero-order valence-electron chi connectivity index (χ0n) is 53.9. The molecule has 1 aliphatic heterocycles. The lowest BCUT2D eigenvalue weighted by Crippen LogP contribution is -2.61. The first-order chi connectivity index (χ1) is 42.2. The van der Waals surface area contributed by atoms with Gasteiger partial charge in [0, 0.05) is 6.42 Å². The maximum absolute atomic E-state index is 13.5. The summed E-state index contributed by atoms with van der Waals surface area (Å²) in [5, 5.41) is 57.1. The van der Waals surface area contributed by atoms with E-state index in [-0.39, 0.29) is 19.4 Å². The van der Waals surface area contributed by atoms with Gasteiger partial charge in [0.15, 0.2) is 12.4 Å². The zero-order valence-corrected chi connectivity index (χ0v) is 53.9. The summed E-state index contributed by atoms with van der Waals surface area (Å²) >= 11 is 0. The minimum absolute atomic E-state index is 0.0571. The van der Waals surface area contributed by atoms with E-state index in [4.69, 9.17) is 14.2 Å². The van der Waals surface area contributed by atoms with E-state index in [2.05, 4.69) is 172 Å². The molecule has 8 atom stereocenters. The Labute approximate surface area is 523 Å². The number of unbranched alkanes of at least 4 members (excludes halogenated alkanes) is 17. The maximum atomic E-state index is 13.5. The fourth-order valence-corrected chi connectivity index (χ4v) is 9.42. The van der Waals surface area contributed by atoms with Gasteiger partial charge in [0.1, 0.15) is 24.4 Å². The summed E-state index contributed by atoms with van der Waals surface area (Å²) in [4.78, 5) is 26.6. The van der Waals surface area contributed by atoms with Crippen LogP contribution in [0.4, 0.5) is 0 Å². The van der Waals surface area contributed by atoms with Crippen molar-refractivity contribution < 1.29 is 49.3 Å². The fourth-order valence-electron chi connectivity index (χ4n) is 9.42. The van der Waals surface area contributed by atoms with Gasteiger partial charge in [-0.15, -0.1) is 0 Å². The molecule has 11 heteroatoms. The highest BCUT2D eigenvalue weighted by molar-refractivity contribution is 5.80. The fraction of sp³-hybridized carbons (Fsp3) is 0.627. The molecule has 0 aliphatic carbocycles. The first kappa shape index (κ1) is 79.3. The van der Waals surface area contributed by atoms with Crippen molar-refractivity contribution in [2.24, 2.45) is 0 Å². The Balaban J connectivity index is 2.68. The minimum Gasteiger partial charge on any atom is -0.454 e. The molecule has 486 valence electrons. The van der Waals surface area contributed by atoms with Crippen molar-refractivity contribution in [3.63, 3.8) is 0 Å². The second-order valence-electron chi connectivity index (χ2n) is 22.4. The predicted octanol–water partition coefficient (Wildman–Crippen LogP) is 17.1. The number of ether oxygens (including phenoxy) is 3. The molecule has 0 bridgehead atoms. The van der Waals surface area contributed by atoms with Gasteiger partial charge in [-0.25, -0.2) is 0 Å². The number of hydrogen-bond donors (Lipinski definition) is 6. The summed E-state index contributed by atoms with van der Waals surface area (Å²) in [6.07, 6.45) is 78.4. The number of esters is 1. The highest BCUT2D eigenvalue weighted by atomic mass is 16.7. The molecule has 1 heterocycles. The van der Waals surface area contributed by atoms with Crippen LogP contribution in [0.5, 0.6) is 0 Å². The van der Waals surface area contributed by atoms with Crippen LogP contribution in [0.25, 0.3) is 0 Å². The Morgan fingerprint density at radius 3 is 1.26 bits per heavy atom. The highest BCUT2D eigenvalue weighted by Gasteiger charge is 2.47. The summed E-state index contributed by atoms with van der Waals surface area (Å²) in [7, 11) is 0. The van der Waals surface area contributed by atoms with Crippen LogP contribution in [-0.4, -0.2) is 99.6 Å². The number of hydrogen-bond acceptors (Lipinski definition) is 10. The van der Waals surface area contributed by atoms with Crippen LogP contribution in [0.3, 0.4) is 0 Å². The average Bonchev–Trinajstić information content (AvgIpc) is 3.68. The third kappa shape index (κ3) is 47.4. The molecule has 8 unspecified atom stereocenters. The number of aliphatic hydroxyl groups excluding tert-OH is 5. The Kier molecular flexibility index (Phi) is 55.8. The topological polar surface area (TPSA) is 175 Å². The molecule has 0 aromatic rings. The smallest absolute Gasteiger partial charge is 0.306 e. The Morgan fingerprint density at radius 2 is 0.837 bits per heavy atom. The van der Waals surface area contributed by atoms with Crippen molar-refractivity contribution >= 4 is 11.9 Å². The predicted molar refractivity (Wildman–Crippen MR) is 360 cm³/mol. The molecule has 1 amide bonds. The second kappa shape index (κ2) is 60.6. The number of rotatable bonds is 55. The molecule has 0 saturated carbocycles. The third-order valence-electron chi connectivity index (χ3n) is 14.7. The molecule has 0 aromatic carbocycles. The zero-order chi connectivity index (χ0) is 62.4. The number of aliphatic hydroxyl groups is 5. The van der Waals surface area contributed by atoms with Crippen molar-refractivity contribution in [1.29, 1.82) is 0 Å². The number of carbonyl (C=O) groups is 2. The monoisotopic (exact) mass is 1200 g/mol. The highest BCUT2D eigenvalue weighted by Crippen LogP contribution is 2.26. The number of allylic oxidation sites excluding steroid dienone is 25. The Hall–Kier alpha value is -4.72. The number of amides is 1. The van der Waals surface area contributed by atoms with Crippen molar-refractivity contribution in [3.8, 4) is 0 Å². The summed E-state index contributed by atoms with van der Waals surface area (Å²) in [6.45, 7) is 5.52. The van der Waals surface area contributed by atoms with Crippen LogP contribution in [0, 0.1) is 0 Å². The van der Waals surface area contributed by atoms with Crippen LogP contribution in [0.2, 0.25) is 0 Å². The number of nitrogens with one attached hydrogen (secondary N) is 1. The van der Waals surface area contributed by atoms with E-state index in [1.165, 1.54) is 44.9 Å². The maximum Gasteiger partial charge on any atom is 0.306 e. The molecular weight excluding hydrogens is 1070 g/mol. The third-order valence-corrected chi connectivity index (χ3v) is 14.7. The standard InChI is InChI=1S/C75H121NO10/c1-4-7-10-13-16-19-22-25-27-29-31-33-34-35-37-38-40-42-44-47-50-53-56-59-62-68(79)74(83)76-66(67(78)61-58-55-52-49-46-24-21-18-15-12-9-6-3)65-84-75-73(72(82)71(81)69(64-77)85-75)86-70(80)63-60-57-54-51-48-45-43-41-39-36-32-30-28-26-23-20-17-14-11-8-5-2/h7-8,10-11,16-17,19-20,25-28,31-33,35-37,40-43,48,51,58,61,66-69,71-73,75,77-79,81-82H,4-6,9,12-15,18,21-24,29-30,34,38-39,44-47,49-50,52-57,59-60,62-65H2,1-3H3,(H,76,83)/b10-7-,11-8-,19-16-,20-17-,27-25-,28-26-,33-31-,36-32-,37-35-,42-40-,43-41-,51-48-,61-58+. The van der Waals surface area contributed by atoms with Gasteiger partial charge in [-0.3, -0.25) is 9.59 Å². The molecule has 0 radical (unpaired) electrons. The molecule has 1 fully saturated rings. The normalized spacial score (nSPS) is 19.4. The molecule has 11 nitrogen and oxygen atoms in total. The number of carbonyl (C=O) groups excluding carboxylic acids is 2. The van der Waals surface area contributed by atoms with Crippen LogP contribution in [-0.2, 0) is 23.8 Å². The summed E-state index contributed by atoms with van der Waals surface area (Å²) in [5.74, 6) is -1.27. The molecule has 0 spiro atoms. The van der Waals surface area contributed by atoms with Crippen LogP contribution in [0.15, 0.2) is 158 Å². The molecule has 0 aromatic heterocycles. The van der Waals surface area contributed by atoms with Crippen molar-refractivity contribution in [1.82, 2.24) is 5.32 Å². The molecule has 1 aliphatic rings. The summed E-state index contributed by atoms with van der Waals surface area (Å²) in [5.41, 5.74) is 0. The van der Waals surface area contributed by atoms with E-state index in [1.807, 2.05) is 6.08 Å². The van der Waals surface area contributed by atoms with Gasteiger partial charge in [-0.2, -0.15) is 0 Å². The van der Waals surface area contributed by atoms with Gasteiger partial charge >= 0.3 is 5.97 Å². The van der Waals surface area contributed by atoms with E-state index >= 15 is 0 Å². The van der Waals surface area contributed by atoms with Gasteiger partial charge in [0.05, 0.1) is 25.4 Å². The lowest BCUT2D eigenvalue weighted by molar-refractivity contribution is -0.305. The largest absolute Gasteiger partial charge is 0.454 e. The van der Waals surface area contributed by atoms with Gasteiger partial charge in [-0.1, -0.05) is 262 Å². The van der Waals surface area contributed by atoms with Gasteiger partial charge < -0.3 is 45.1 Å². The van der Waals surface area contributed by atoms with Crippen LogP contribution < -0.4 is 5.32 Å².